The number of halogens is 2. The van der Waals surface area contributed by atoms with Gasteiger partial charge >= 0.3 is 0 Å². The molecule has 1 unspecified atom stereocenters. The first-order chi connectivity index (χ1) is 10.1. The number of aldehydes is 2. The van der Waals surface area contributed by atoms with Crippen LogP contribution in [0, 0.1) is 0 Å². The highest BCUT2D eigenvalue weighted by Gasteiger charge is 2.01. The molecule has 2 nitrogen and oxygen atoms in total. The fourth-order valence-corrected chi connectivity index (χ4v) is 2.25. The monoisotopic (exact) mass is 366 g/mol. The summed E-state index contributed by atoms with van der Waals surface area (Å²) < 4.78 is 0. The summed E-state index contributed by atoms with van der Waals surface area (Å²) in [7, 11) is 0. The van der Waals surface area contributed by atoms with E-state index in [1.807, 2.05) is 43.3 Å². The first-order valence-electron chi connectivity index (χ1n) is 6.42. The quantitative estimate of drug-likeness (QED) is 0.560. The van der Waals surface area contributed by atoms with E-state index in [-0.39, 0.29) is 5.92 Å². The zero-order valence-electron chi connectivity index (χ0n) is 11.6. The number of carbonyl (C=O) groups is 2. The molecule has 0 saturated heterocycles. The van der Waals surface area contributed by atoms with Crippen molar-refractivity contribution < 1.29 is 9.59 Å². The van der Waals surface area contributed by atoms with Gasteiger partial charge in [0.05, 0.1) is 0 Å². The highest BCUT2D eigenvalue weighted by atomic mass is 79.9. The van der Waals surface area contributed by atoms with Crippen LogP contribution in [-0.4, -0.2) is 12.6 Å². The molecule has 110 valence electrons. The Hall–Kier alpha value is -1.45. The Kier molecular flexibility index (Phi) is 7.95. The van der Waals surface area contributed by atoms with E-state index in [9.17, 15) is 9.59 Å². The second-order valence-electron chi connectivity index (χ2n) is 4.43. The van der Waals surface area contributed by atoms with Crippen molar-refractivity contribution in [3.05, 3.63) is 70.2 Å². The standard InChI is InChI=1S/C9H9ClO.C8H7BrO/c1-7(6-11)8-2-4-9(10)5-3-8;9-5-7-3-1-2-4-8(7)6-10/h2-7H,1H3;1-4,6H,5H2. The Labute approximate surface area is 138 Å². The molecule has 0 spiro atoms. The summed E-state index contributed by atoms with van der Waals surface area (Å²) in [5, 5.41) is 1.44. The fourth-order valence-electron chi connectivity index (χ4n) is 1.62. The molecule has 2 aromatic rings. The van der Waals surface area contributed by atoms with E-state index in [2.05, 4.69) is 15.9 Å². The lowest BCUT2D eigenvalue weighted by Gasteiger charge is -2.02. The Balaban J connectivity index is 0.000000211. The molecular formula is C17H16BrClO2. The second-order valence-corrected chi connectivity index (χ2v) is 5.42. The number of alkyl halides is 1. The molecule has 0 amide bonds. The molecule has 0 saturated carbocycles. The maximum absolute atomic E-state index is 10.4. The lowest BCUT2D eigenvalue weighted by molar-refractivity contribution is -0.108. The fraction of sp³-hybridized carbons (Fsp3) is 0.176. The zero-order chi connectivity index (χ0) is 15.7. The van der Waals surface area contributed by atoms with E-state index in [1.54, 1.807) is 12.1 Å². The van der Waals surface area contributed by atoms with Crippen molar-refractivity contribution in [1.82, 2.24) is 0 Å². The summed E-state index contributed by atoms with van der Waals surface area (Å²) in [5.74, 6) is -0.0349. The summed E-state index contributed by atoms with van der Waals surface area (Å²) in [5.41, 5.74) is 2.81. The van der Waals surface area contributed by atoms with Crippen LogP contribution in [0.15, 0.2) is 48.5 Å². The Morgan fingerprint density at radius 2 is 1.71 bits per heavy atom. The number of hydrogen-bond acceptors (Lipinski definition) is 2. The first-order valence-corrected chi connectivity index (χ1v) is 7.92. The molecular weight excluding hydrogens is 352 g/mol. The van der Waals surface area contributed by atoms with Crippen LogP contribution in [0.5, 0.6) is 0 Å². The van der Waals surface area contributed by atoms with Gasteiger partial charge in [0.15, 0.2) is 0 Å². The largest absolute Gasteiger partial charge is 0.303 e. The Morgan fingerprint density at radius 3 is 2.19 bits per heavy atom. The molecule has 0 fully saturated rings. The lowest BCUT2D eigenvalue weighted by atomic mass is 10.0. The van der Waals surface area contributed by atoms with Crippen LogP contribution in [0.2, 0.25) is 5.02 Å². The minimum Gasteiger partial charge on any atom is -0.303 e. The van der Waals surface area contributed by atoms with E-state index in [4.69, 9.17) is 11.6 Å². The molecule has 0 aliphatic rings. The smallest absolute Gasteiger partial charge is 0.150 e. The van der Waals surface area contributed by atoms with Gasteiger partial charge in [0, 0.05) is 21.8 Å². The molecule has 2 aromatic carbocycles. The zero-order valence-corrected chi connectivity index (χ0v) is 14.0. The van der Waals surface area contributed by atoms with Crippen molar-refractivity contribution in [3.63, 3.8) is 0 Å². The van der Waals surface area contributed by atoms with Crippen LogP contribution in [0.1, 0.15) is 34.3 Å². The van der Waals surface area contributed by atoms with Gasteiger partial charge in [-0.3, -0.25) is 4.79 Å². The van der Waals surface area contributed by atoms with Crippen LogP contribution < -0.4 is 0 Å². The summed E-state index contributed by atoms with van der Waals surface area (Å²) in [6, 6.07) is 14.8. The van der Waals surface area contributed by atoms with Crippen LogP contribution in [-0.2, 0) is 10.1 Å². The SMILES string of the molecule is CC(C=O)c1ccc(Cl)cc1.O=Cc1ccccc1CBr. The van der Waals surface area contributed by atoms with Gasteiger partial charge in [-0.05, 0) is 23.3 Å². The van der Waals surface area contributed by atoms with Gasteiger partial charge in [-0.25, -0.2) is 0 Å². The maximum atomic E-state index is 10.4. The highest BCUT2D eigenvalue weighted by molar-refractivity contribution is 9.08. The van der Waals surface area contributed by atoms with Crippen molar-refractivity contribution in [2.75, 3.05) is 0 Å². The third-order valence-electron chi connectivity index (χ3n) is 2.93. The molecule has 0 aliphatic carbocycles. The van der Waals surface area contributed by atoms with E-state index in [1.165, 1.54) is 0 Å². The van der Waals surface area contributed by atoms with Crippen LogP contribution >= 0.6 is 27.5 Å². The van der Waals surface area contributed by atoms with E-state index in [0.29, 0.717) is 5.02 Å². The van der Waals surface area contributed by atoms with Gasteiger partial charge in [0.1, 0.15) is 12.6 Å². The summed E-state index contributed by atoms with van der Waals surface area (Å²) in [6.07, 6.45) is 1.79. The lowest BCUT2D eigenvalue weighted by Crippen LogP contribution is -1.92. The van der Waals surface area contributed by atoms with Crippen molar-refractivity contribution in [3.8, 4) is 0 Å². The number of carbonyl (C=O) groups excluding carboxylic acids is 2. The topological polar surface area (TPSA) is 34.1 Å². The first kappa shape index (κ1) is 17.6. The van der Waals surface area contributed by atoms with Crippen LogP contribution in [0.4, 0.5) is 0 Å². The molecule has 0 bridgehead atoms. The predicted molar refractivity (Wildman–Crippen MR) is 90.4 cm³/mol. The predicted octanol–water partition coefficient (Wildman–Crippen LogP) is 5.04. The van der Waals surface area contributed by atoms with E-state index in [0.717, 1.165) is 34.6 Å². The third kappa shape index (κ3) is 5.82. The highest BCUT2D eigenvalue weighted by Crippen LogP contribution is 2.15. The van der Waals surface area contributed by atoms with E-state index < -0.39 is 0 Å². The third-order valence-corrected chi connectivity index (χ3v) is 3.78. The van der Waals surface area contributed by atoms with Gasteiger partial charge in [-0.2, -0.15) is 0 Å². The number of benzene rings is 2. The molecule has 2 rings (SSSR count). The molecule has 0 heterocycles. The maximum Gasteiger partial charge on any atom is 0.150 e. The molecule has 0 aliphatic heterocycles. The van der Waals surface area contributed by atoms with Crippen molar-refractivity contribution in [2.45, 2.75) is 18.2 Å². The minimum absolute atomic E-state index is 0.0349. The molecule has 0 N–H and O–H groups in total. The van der Waals surface area contributed by atoms with Gasteiger partial charge < -0.3 is 4.79 Å². The summed E-state index contributed by atoms with van der Waals surface area (Å²) in [6.45, 7) is 1.86. The van der Waals surface area contributed by atoms with Gasteiger partial charge in [0.2, 0.25) is 0 Å². The van der Waals surface area contributed by atoms with Gasteiger partial charge in [0.25, 0.3) is 0 Å². The number of rotatable bonds is 4. The van der Waals surface area contributed by atoms with Crippen molar-refractivity contribution in [2.24, 2.45) is 0 Å². The average Bonchev–Trinajstić information content (AvgIpc) is 2.55. The molecule has 0 radical (unpaired) electrons. The van der Waals surface area contributed by atoms with Crippen LogP contribution in [0.25, 0.3) is 0 Å². The number of hydrogen-bond donors (Lipinski definition) is 0. The average molecular weight is 368 g/mol. The van der Waals surface area contributed by atoms with Gasteiger partial charge in [-0.15, -0.1) is 0 Å². The molecule has 4 heteroatoms. The molecule has 21 heavy (non-hydrogen) atoms. The minimum atomic E-state index is -0.0349. The summed E-state index contributed by atoms with van der Waals surface area (Å²) in [4.78, 5) is 20.7. The van der Waals surface area contributed by atoms with Crippen LogP contribution in [0.3, 0.4) is 0 Å². The summed E-state index contributed by atoms with van der Waals surface area (Å²) >= 11 is 8.96. The molecule has 0 aromatic heterocycles. The van der Waals surface area contributed by atoms with Crippen molar-refractivity contribution >= 4 is 40.1 Å². The van der Waals surface area contributed by atoms with E-state index >= 15 is 0 Å². The Morgan fingerprint density at radius 1 is 1.10 bits per heavy atom. The molecule has 1 atom stereocenters. The second kappa shape index (κ2) is 9.48. The Bertz CT molecular complexity index is 582. The normalized spacial score (nSPS) is 11.0. The van der Waals surface area contributed by atoms with Gasteiger partial charge in [-0.1, -0.05) is 70.9 Å². The van der Waals surface area contributed by atoms with Crippen molar-refractivity contribution in [1.29, 1.82) is 0 Å².